The van der Waals surface area contributed by atoms with E-state index in [-0.39, 0.29) is 0 Å². The molecule has 0 bridgehead atoms. The van der Waals surface area contributed by atoms with Crippen molar-refractivity contribution in [3.8, 4) is 0 Å². The number of hydrazine groups is 1. The van der Waals surface area contributed by atoms with Gasteiger partial charge in [0.2, 0.25) is 0 Å². The van der Waals surface area contributed by atoms with Crippen LogP contribution in [0.5, 0.6) is 0 Å². The fraction of sp³-hybridized carbons (Fsp3) is 0.929. The highest BCUT2D eigenvalue weighted by atomic mass is 32.2. The molecule has 108 valence electrons. The minimum absolute atomic E-state index is 0.538. The van der Waals surface area contributed by atoms with Gasteiger partial charge in [0.1, 0.15) is 0 Å². The van der Waals surface area contributed by atoms with Crippen LogP contribution in [-0.4, -0.2) is 60.6 Å². The highest BCUT2D eigenvalue weighted by Gasteiger charge is 2.35. The molecule has 0 atom stereocenters. The standard InChI is InChI=1S/C14H26N4S/c1-17-7-9-18(10-8-17)16-13-15-11-14(12-19-13)5-3-2-4-6-14/h2-12H2,1H3,(H,15,16). The largest absolute Gasteiger partial charge is 0.304 e. The molecule has 1 saturated carbocycles. The third-order valence-electron chi connectivity index (χ3n) is 4.74. The Balaban J connectivity index is 1.50. The molecular weight excluding hydrogens is 256 g/mol. The lowest BCUT2D eigenvalue weighted by Crippen LogP contribution is -2.52. The Morgan fingerprint density at radius 2 is 1.84 bits per heavy atom. The van der Waals surface area contributed by atoms with E-state index in [1.165, 1.54) is 37.9 Å². The molecule has 4 nitrogen and oxygen atoms in total. The molecule has 0 radical (unpaired) electrons. The molecule has 1 spiro atoms. The number of rotatable bonds is 1. The molecule has 5 heteroatoms. The van der Waals surface area contributed by atoms with Gasteiger partial charge < -0.3 is 4.90 Å². The maximum Gasteiger partial charge on any atom is 0.171 e. The molecule has 1 saturated heterocycles. The molecule has 2 heterocycles. The number of aliphatic imine (C=N–C) groups is 1. The van der Waals surface area contributed by atoms with Crippen molar-refractivity contribution in [2.75, 3.05) is 45.5 Å². The summed E-state index contributed by atoms with van der Waals surface area (Å²) < 4.78 is 0. The van der Waals surface area contributed by atoms with Crippen LogP contribution in [0, 0.1) is 5.41 Å². The zero-order chi connectivity index (χ0) is 13.1. The van der Waals surface area contributed by atoms with Crippen molar-refractivity contribution in [3.63, 3.8) is 0 Å². The van der Waals surface area contributed by atoms with Crippen molar-refractivity contribution >= 4 is 16.9 Å². The summed E-state index contributed by atoms with van der Waals surface area (Å²) in [5, 5.41) is 3.48. The van der Waals surface area contributed by atoms with Crippen LogP contribution < -0.4 is 5.43 Å². The predicted octanol–water partition coefficient (Wildman–Crippen LogP) is 1.79. The van der Waals surface area contributed by atoms with Gasteiger partial charge in [-0.1, -0.05) is 31.0 Å². The zero-order valence-electron chi connectivity index (χ0n) is 12.0. The van der Waals surface area contributed by atoms with E-state index in [0.717, 1.165) is 37.9 Å². The fourth-order valence-electron chi connectivity index (χ4n) is 3.28. The van der Waals surface area contributed by atoms with Crippen molar-refractivity contribution in [1.29, 1.82) is 0 Å². The number of nitrogens with one attached hydrogen (secondary N) is 1. The Hall–Kier alpha value is -0.260. The first-order valence-corrected chi connectivity index (χ1v) is 8.62. The second-order valence-corrected chi connectivity index (χ2v) is 7.34. The van der Waals surface area contributed by atoms with Crippen molar-refractivity contribution < 1.29 is 0 Å². The van der Waals surface area contributed by atoms with Gasteiger partial charge in [0.05, 0.1) is 0 Å². The van der Waals surface area contributed by atoms with E-state index in [2.05, 4.69) is 22.4 Å². The van der Waals surface area contributed by atoms with Gasteiger partial charge in [0, 0.05) is 38.5 Å². The van der Waals surface area contributed by atoms with Crippen molar-refractivity contribution in [2.24, 2.45) is 10.4 Å². The number of likely N-dealkylation sites (N-methyl/N-ethyl adjacent to an activating group) is 1. The van der Waals surface area contributed by atoms with Gasteiger partial charge in [-0.05, 0) is 25.3 Å². The first kappa shape index (κ1) is 13.7. The molecule has 0 unspecified atom stereocenters. The molecule has 2 fully saturated rings. The molecule has 19 heavy (non-hydrogen) atoms. The molecule has 1 aliphatic carbocycles. The molecule has 1 N–H and O–H groups in total. The molecule has 0 aromatic carbocycles. The second kappa shape index (κ2) is 6.02. The first-order chi connectivity index (χ1) is 9.26. The lowest BCUT2D eigenvalue weighted by atomic mass is 9.75. The molecule has 0 amide bonds. The van der Waals surface area contributed by atoms with Gasteiger partial charge in [-0.3, -0.25) is 10.4 Å². The minimum atomic E-state index is 0.538. The highest BCUT2D eigenvalue weighted by molar-refractivity contribution is 8.13. The van der Waals surface area contributed by atoms with Gasteiger partial charge in [-0.15, -0.1) is 0 Å². The first-order valence-electron chi connectivity index (χ1n) is 7.63. The van der Waals surface area contributed by atoms with Crippen LogP contribution in [0.15, 0.2) is 4.99 Å². The van der Waals surface area contributed by atoms with Gasteiger partial charge in [0.25, 0.3) is 0 Å². The number of hydrogen-bond acceptors (Lipinski definition) is 5. The maximum atomic E-state index is 4.83. The van der Waals surface area contributed by atoms with Crippen LogP contribution in [0.1, 0.15) is 32.1 Å². The van der Waals surface area contributed by atoms with Gasteiger partial charge >= 0.3 is 0 Å². The predicted molar refractivity (Wildman–Crippen MR) is 82.5 cm³/mol. The summed E-state index contributed by atoms with van der Waals surface area (Å²) in [6, 6.07) is 0. The molecular formula is C14H26N4S. The topological polar surface area (TPSA) is 30.9 Å². The van der Waals surface area contributed by atoms with E-state index >= 15 is 0 Å². The van der Waals surface area contributed by atoms with Gasteiger partial charge in [-0.2, -0.15) is 0 Å². The van der Waals surface area contributed by atoms with Gasteiger partial charge in [0.15, 0.2) is 5.17 Å². The Bertz CT molecular complexity index is 330. The Labute approximate surface area is 121 Å². The average Bonchev–Trinajstić information content (AvgIpc) is 2.45. The average molecular weight is 282 g/mol. The summed E-state index contributed by atoms with van der Waals surface area (Å²) in [5.41, 5.74) is 4.06. The van der Waals surface area contributed by atoms with Crippen LogP contribution in [0.4, 0.5) is 0 Å². The van der Waals surface area contributed by atoms with Crippen LogP contribution in [0.3, 0.4) is 0 Å². The van der Waals surface area contributed by atoms with E-state index < -0.39 is 0 Å². The molecule has 3 rings (SSSR count). The normalized spacial score (nSPS) is 29.2. The Morgan fingerprint density at radius 3 is 2.47 bits per heavy atom. The van der Waals surface area contributed by atoms with E-state index in [1.54, 1.807) is 0 Å². The molecule has 0 aromatic rings. The quantitative estimate of drug-likeness (QED) is 0.794. The minimum Gasteiger partial charge on any atom is -0.304 e. The molecule has 2 aliphatic heterocycles. The third kappa shape index (κ3) is 3.44. The van der Waals surface area contributed by atoms with Crippen molar-refractivity contribution in [3.05, 3.63) is 0 Å². The Morgan fingerprint density at radius 1 is 1.11 bits per heavy atom. The van der Waals surface area contributed by atoms with Crippen LogP contribution >= 0.6 is 11.8 Å². The summed E-state index contributed by atoms with van der Waals surface area (Å²) >= 11 is 1.95. The third-order valence-corrected chi connectivity index (χ3v) is 5.99. The van der Waals surface area contributed by atoms with Gasteiger partial charge in [-0.25, -0.2) is 5.01 Å². The number of piperazine rings is 1. The summed E-state index contributed by atoms with van der Waals surface area (Å²) in [6.07, 6.45) is 7.05. The lowest BCUT2D eigenvalue weighted by molar-refractivity contribution is 0.131. The summed E-state index contributed by atoms with van der Waals surface area (Å²) in [5.74, 6) is 1.27. The Kier molecular flexibility index (Phi) is 4.34. The van der Waals surface area contributed by atoms with E-state index in [4.69, 9.17) is 4.99 Å². The number of hydrogen-bond donors (Lipinski definition) is 1. The molecule has 0 aromatic heterocycles. The maximum absolute atomic E-state index is 4.83. The van der Waals surface area contributed by atoms with Crippen molar-refractivity contribution in [1.82, 2.24) is 15.3 Å². The zero-order valence-corrected chi connectivity index (χ0v) is 12.8. The van der Waals surface area contributed by atoms with Crippen LogP contribution in [-0.2, 0) is 0 Å². The van der Waals surface area contributed by atoms with E-state index in [9.17, 15) is 0 Å². The SMILES string of the molecule is CN1CCN(NC2=NCC3(CCCCC3)CS2)CC1. The highest BCUT2D eigenvalue weighted by Crippen LogP contribution is 2.41. The lowest BCUT2D eigenvalue weighted by Gasteiger charge is -2.40. The number of thioether (sulfide) groups is 1. The summed E-state index contributed by atoms with van der Waals surface area (Å²) in [6.45, 7) is 5.54. The summed E-state index contributed by atoms with van der Waals surface area (Å²) in [7, 11) is 2.19. The van der Waals surface area contributed by atoms with Crippen molar-refractivity contribution in [2.45, 2.75) is 32.1 Å². The van der Waals surface area contributed by atoms with E-state index in [1.807, 2.05) is 11.8 Å². The van der Waals surface area contributed by atoms with Crippen LogP contribution in [0.2, 0.25) is 0 Å². The molecule has 3 aliphatic rings. The monoisotopic (exact) mass is 282 g/mol. The number of amidine groups is 1. The summed E-state index contributed by atoms with van der Waals surface area (Å²) in [4.78, 5) is 7.21. The second-order valence-electron chi connectivity index (χ2n) is 6.37. The van der Waals surface area contributed by atoms with E-state index in [0.29, 0.717) is 5.41 Å². The van der Waals surface area contributed by atoms with Crippen LogP contribution in [0.25, 0.3) is 0 Å². The fourth-order valence-corrected chi connectivity index (χ4v) is 4.45. The smallest absolute Gasteiger partial charge is 0.171 e. The number of nitrogens with zero attached hydrogens (tertiary/aromatic N) is 3.